The summed E-state index contributed by atoms with van der Waals surface area (Å²) in [6.07, 6.45) is 0.677. The third kappa shape index (κ3) is 3.35. The molecule has 2 heterocycles. The molecule has 1 N–H and O–H groups in total. The quantitative estimate of drug-likeness (QED) is 0.903. The van der Waals surface area contributed by atoms with Crippen molar-refractivity contribution in [3.05, 3.63) is 35.9 Å². The van der Waals surface area contributed by atoms with E-state index in [0.717, 1.165) is 12.1 Å². The van der Waals surface area contributed by atoms with Crippen molar-refractivity contribution < 1.29 is 13.2 Å². The maximum atomic E-state index is 12.3. The fourth-order valence-corrected chi connectivity index (χ4v) is 4.92. The van der Waals surface area contributed by atoms with Gasteiger partial charge in [-0.25, -0.2) is 17.5 Å². The van der Waals surface area contributed by atoms with E-state index in [9.17, 15) is 13.2 Å². The molecular formula is C16H23N3O3S. The lowest BCUT2D eigenvalue weighted by Gasteiger charge is -2.46. The molecule has 0 bridgehead atoms. The van der Waals surface area contributed by atoms with Crippen LogP contribution in [0.2, 0.25) is 0 Å². The van der Waals surface area contributed by atoms with Crippen LogP contribution in [0.15, 0.2) is 30.3 Å². The van der Waals surface area contributed by atoms with Gasteiger partial charge < -0.3 is 10.2 Å². The minimum atomic E-state index is -3.09. The van der Waals surface area contributed by atoms with Crippen molar-refractivity contribution in [1.82, 2.24) is 14.5 Å². The molecule has 0 unspecified atom stereocenters. The second-order valence-electron chi connectivity index (χ2n) is 6.29. The summed E-state index contributed by atoms with van der Waals surface area (Å²) in [6.45, 7) is 4.13. The second-order valence-corrected chi connectivity index (χ2v) is 8.37. The average Bonchev–Trinajstić information content (AvgIpc) is 2.84. The summed E-state index contributed by atoms with van der Waals surface area (Å²) in [7, 11) is -3.09. The van der Waals surface area contributed by atoms with E-state index in [1.165, 1.54) is 4.31 Å². The molecule has 126 valence electrons. The van der Waals surface area contributed by atoms with Crippen LogP contribution in [0, 0.1) is 5.92 Å². The van der Waals surface area contributed by atoms with Gasteiger partial charge in [0.25, 0.3) is 0 Å². The first kappa shape index (κ1) is 16.3. The van der Waals surface area contributed by atoms with Crippen molar-refractivity contribution in [3.63, 3.8) is 0 Å². The number of nitrogens with zero attached hydrogens (tertiary/aromatic N) is 2. The zero-order valence-corrected chi connectivity index (χ0v) is 14.1. The summed E-state index contributed by atoms with van der Waals surface area (Å²) < 4.78 is 24.9. The van der Waals surface area contributed by atoms with Gasteiger partial charge in [0.2, 0.25) is 10.0 Å². The summed E-state index contributed by atoms with van der Waals surface area (Å²) in [4.78, 5) is 14.2. The molecule has 2 amide bonds. The Kier molecular flexibility index (Phi) is 4.59. The molecule has 7 heteroatoms. The largest absolute Gasteiger partial charge is 0.337 e. The molecule has 2 atom stereocenters. The molecule has 1 aromatic rings. The number of amides is 2. The minimum Gasteiger partial charge on any atom is -0.337 e. The lowest BCUT2D eigenvalue weighted by molar-refractivity contribution is 0.0592. The third-order valence-electron chi connectivity index (χ3n) is 4.60. The lowest BCUT2D eigenvalue weighted by atomic mass is 9.85. The molecule has 1 aromatic carbocycles. The maximum absolute atomic E-state index is 12.3. The monoisotopic (exact) mass is 337 g/mol. The van der Waals surface area contributed by atoms with Gasteiger partial charge in [0.05, 0.1) is 11.8 Å². The minimum absolute atomic E-state index is 0.103. The number of carbonyl (C=O) groups is 1. The van der Waals surface area contributed by atoms with E-state index in [1.54, 1.807) is 0 Å². The van der Waals surface area contributed by atoms with Crippen LogP contribution in [0.4, 0.5) is 4.79 Å². The van der Waals surface area contributed by atoms with E-state index in [4.69, 9.17) is 0 Å². The van der Waals surface area contributed by atoms with E-state index in [2.05, 4.69) is 12.2 Å². The Labute approximate surface area is 137 Å². The number of hydrogen-bond acceptors (Lipinski definition) is 3. The van der Waals surface area contributed by atoms with Crippen molar-refractivity contribution in [2.24, 2.45) is 5.92 Å². The Morgan fingerprint density at radius 3 is 2.65 bits per heavy atom. The fourth-order valence-electron chi connectivity index (χ4n) is 3.39. The number of nitrogens with one attached hydrogen (secondary N) is 1. The molecular weight excluding hydrogens is 314 g/mol. The SMILES string of the molecule is C[C@H]1CN(C(=O)NCCN2CCCS2(=O)=O)[C@@H]1c1ccccc1. The molecule has 2 saturated heterocycles. The van der Waals surface area contributed by atoms with Crippen LogP contribution in [0.5, 0.6) is 0 Å². The zero-order chi connectivity index (χ0) is 16.4. The molecule has 3 rings (SSSR count). The first-order chi connectivity index (χ1) is 11.0. The van der Waals surface area contributed by atoms with Gasteiger partial charge in [0.15, 0.2) is 0 Å². The predicted octanol–water partition coefficient (Wildman–Crippen LogP) is 1.42. The van der Waals surface area contributed by atoms with Gasteiger partial charge in [-0.3, -0.25) is 0 Å². The average molecular weight is 337 g/mol. The van der Waals surface area contributed by atoms with Crippen molar-refractivity contribution in [2.75, 3.05) is 31.9 Å². The summed E-state index contributed by atoms with van der Waals surface area (Å²) in [5, 5.41) is 2.85. The summed E-state index contributed by atoms with van der Waals surface area (Å²) in [5.41, 5.74) is 1.14. The first-order valence-electron chi connectivity index (χ1n) is 8.06. The van der Waals surface area contributed by atoms with Crippen molar-refractivity contribution in [3.8, 4) is 0 Å². The highest BCUT2D eigenvalue weighted by Crippen LogP contribution is 2.38. The molecule has 0 aromatic heterocycles. The topological polar surface area (TPSA) is 69.7 Å². The molecule has 0 spiro atoms. The Hall–Kier alpha value is -1.60. The van der Waals surface area contributed by atoms with Crippen molar-refractivity contribution in [1.29, 1.82) is 0 Å². The number of carbonyl (C=O) groups excluding carboxylic acids is 1. The van der Waals surface area contributed by atoms with E-state index in [0.29, 0.717) is 32.0 Å². The van der Waals surface area contributed by atoms with Gasteiger partial charge in [0.1, 0.15) is 0 Å². The number of urea groups is 1. The van der Waals surface area contributed by atoms with Crippen LogP contribution in [0.1, 0.15) is 24.9 Å². The zero-order valence-electron chi connectivity index (χ0n) is 13.3. The number of sulfonamides is 1. The Morgan fingerprint density at radius 2 is 2.04 bits per heavy atom. The highest BCUT2D eigenvalue weighted by atomic mass is 32.2. The Morgan fingerprint density at radius 1 is 1.30 bits per heavy atom. The van der Waals surface area contributed by atoms with Crippen LogP contribution in [0.3, 0.4) is 0 Å². The number of benzene rings is 1. The van der Waals surface area contributed by atoms with E-state index in [1.807, 2.05) is 35.2 Å². The number of likely N-dealkylation sites (tertiary alicyclic amines) is 1. The van der Waals surface area contributed by atoms with Gasteiger partial charge in [0, 0.05) is 26.2 Å². The standard InChI is InChI=1S/C16H23N3O3S/c1-13-12-19(15(13)14-6-3-2-4-7-14)16(20)17-8-10-18-9-5-11-23(18,21)22/h2-4,6-7,13,15H,5,8-12H2,1H3,(H,17,20)/t13-,15-/m0/s1. The highest BCUT2D eigenvalue weighted by Gasteiger charge is 2.39. The predicted molar refractivity (Wildman–Crippen MR) is 88.4 cm³/mol. The van der Waals surface area contributed by atoms with E-state index < -0.39 is 10.0 Å². The van der Waals surface area contributed by atoms with Crippen molar-refractivity contribution >= 4 is 16.1 Å². The van der Waals surface area contributed by atoms with E-state index in [-0.39, 0.29) is 17.8 Å². The third-order valence-corrected chi connectivity index (χ3v) is 6.56. The molecule has 0 radical (unpaired) electrons. The molecule has 2 aliphatic heterocycles. The first-order valence-corrected chi connectivity index (χ1v) is 9.67. The molecule has 0 saturated carbocycles. The Bertz CT molecular complexity index is 662. The number of hydrogen-bond donors (Lipinski definition) is 1. The van der Waals surface area contributed by atoms with Gasteiger partial charge >= 0.3 is 6.03 Å². The molecule has 2 fully saturated rings. The molecule has 2 aliphatic rings. The van der Waals surface area contributed by atoms with Crippen LogP contribution >= 0.6 is 0 Å². The molecule has 23 heavy (non-hydrogen) atoms. The molecule has 0 aliphatic carbocycles. The van der Waals surface area contributed by atoms with Crippen LogP contribution in [0.25, 0.3) is 0 Å². The van der Waals surface area contributed by atoms with Crippen LogP contribution in [-0.2, 0) is 10.0 Å². The van der Waals surface area contributed by atoms with E-state index >= 15 is 0 Å². The Balaban J connectivity index is 1.53. The summed E-state index contributed by atoms with van der Waals surface area (Å²) in [5.74, 6) is 0.655. The smallest absolute Gasteiger partial charge is 0.317 e. The van der Waals surface area contributed by atoms with Crippen molar-refractivity contribution in [2.45, 2.75) is 19.4 Å². The fraction of sp³-hybridized carbons (Fsp3) is 0.562. The van der Waals surface area contributed by atoms with Gasteiger partial charge in [-0.2, -0.15) is 0 Å². The lowest BCUT2D eigenvalue weighted by Crippen LogP contribution is -2.55. The normalized spacial score (nSPS) is 26.7. The van der Waals surface area contributed by atoms with Gasteiger partial charge in [-0.05, 0) is 17.9 Å². The van der Waals surface area contributed by atoms with Crippen LogP contribution < -0.4 is 5.32 Å². The highest BCUT2D eigenvalue weighted by molar-refractivity contribution is 7.89. The second kappa shape index (κ2) is 6.49. The van der Waals surface area contributed by atoms with Crippen LogP contribution in [-0.4, -0.2) is 55.6 Å². The maximum Gasteiger partial charge on any atom is 0.317 e. The summed E-state index contributed by atoms with van der Waals surface area (Å²) in [6, 6.07) is 9.99. The van der Waals surface area contributed by atoms with Gasteiger partial charge in [-0.15, -0.1) is 0 Å². The summed E-state index contributed by atoms with van der Waals surface area (Å²) >= 11 is 0. The number of rotatable bonds is 4. The van der Waals surface area contributed by atoms with Gasteiger partial charge in [-0.1, -0.05) is 37.3 Å². The molecule has 6 nitrogen and oxygen atoms in total.